The van der Waals surface area contributed by atoms with Crippen LogP contribution in [0.5, 0.6) is 0 Å². The summed E-state index contributed by atoms with van der Waals surface area (Å²) in [6, 6.07) is 0. The number of hydrogen-bond donors (Lipinski definition) is 1. The Kier molecular flexibility index (Phi) is 8.53. The van der Waals surface area contributed by atoms with E-state index < -0.39 is 0 Å². The van der Waals surface area contributed by atoms with Gasteiger partial charge >= 0.3 is 0 Å². The molecule has 1 N–H and O–H groups in total. The topological polar surface area (TPSA) is 54.7 Å². The van der Waals surface area contributed by atoms with E-state index in [9.17, 15) is 0 Å². The maximum Gasteiger partial charge on any atom is 0.193 e. The Balaban J connectivity index is 0.00000243. The lowest BCUT2D eigenvalue weighted by Gasteiger charge is -2.37. The lowest BCUT2D eigenvalue weighted by atomic mass is 9.99. The summed E-state index contributed by atoms with van der Waals surface area (Å²) in [6.45, 7) is 4.87. The second-order valence-electron chi connectivity index (χ2n) is 7.23. The lowest BCUT2D eigenvalue weighted by Crippen LogP contribution is -2.48. The minimum atomic E-state index is 0. The summed E-state index contributed by atoms with van der Waals surface area (Å²) in [5.74, 6) is 1.73. The molecule has 8 heteroatoms. The Morgan fingerprint density at radius 2 is 2.23 bits per heavy atom. The third-order valence-electron chi connectivity index (χ3n) is 5.49. The average Bonchev–Trinajstić information content (AvgIpc) is 3.26. The normalized spacial score (nSPS) is 23.0. The zero-order valence-electron chi connectivity index (χ0n) is 16.1. The largest absolute Gasteiger partial charge is 0.381 e. The number of halogens is 1. The van der Waals surface area contributed by atoms with Crippen molar-refractivity contribution in [2.24, 2.45) is 18.0 Å². The number of guanidine groups is 1. The molecule has 2 aliphatic rings. The van der Waals surface area contributed by atoms with Crippen LogP contribution in [-0.4, -0.2) is 71.5 Å². The first-order valence-electron chi connectivity index (χ1n) is 9.20. The van der Waals surface area contributed by atoms with Gasteiger partial charge in [0.2, 0.25) is 0 Å². The predicted octanol–water partition coefficient (Wildman–Crippen LogP) is 2.39. The predicted molar refractivity (Wildman–Crippen MR) is 120 cm³/mol. The minimum Gasteiger partial charge on any atom is -0.381 e. The van der Waals surface area contributed by atoms with E-state index in [1.165, 1.54) is 12.0 Å². The van der Waals surface area contributed by atoms with E-state index in [1.54, 1.807) is 0 Å². The van der Waals surface area contributed by atoms with Crippen molar-refractivity contribution in [3.8, 4) is 0 Å². The molecule has 0 radical (unpaired) electrons. The second kappa shape index (κ2) is 10.2. The van der Waals surface area contributed by atoms with Crippen molar-refractivity contribution in [1.29, 1.82) is 0 Å². The molecule has 2 fully saturated rings. The van der Waals surface area contributed by atoms with Gasteiger partial charge in [-0.25, -0.2) is 0 Å². The molecule has 6 nitrogen and oxygen atoms in total. The SMILES string of the molecule is CN=C(NCC1(SC)CCOCC1)N1CCC(Cc2cnn(C)c2)C1.I. The molecular weight excluding hydrogens is 461 g/mol. The molecule has 3 heterocycles. The maximum absolute atomic E-state index is 5.54. The van der Waals surface area contributed by atoms with Crippen molar-refractivity contribution in [3.63, 3.8) is 0 Å². The van der Waals surface area contributed by atoms with Crippen LogP contribution in [-0.2, 0) is 18.2 Å². The summed E-state index contributed by atoms with van der Waals surface area (Å²) < 4.78 is 7.71. The highest BCUT2D eigenvalue weighted by atomic mass is 127. The van der Waals surface area contributed by atoms with Crippen LogP contribution in [0.3, 0.4) is 0 Å². The number of aliphatic imine (C=N–C) groups is 1. The van der Waals surface area contributed by atoms with Crippen molar-refractivity contribution >= 4 is 41.7 Å². The molecule has 1 aromatic rings. The smallest absolute Gasteiger partial charge is 0.193 e. The van der Waals surface area contributed by atoms with E-state index >= 15 is 0 Å². The monoisotopic (exact) mass is 493 g/mol. The summed E-state index contributed by atoms with van der Waals surface area (Å²) in [7, 11) is 3.88. The summed E-state index contributed by atoms with van der Waals surface area (Å²) in [5, 5.41) is 7.93. The molecule has 0 saturated carbocycles. The minimum absolute atomic E-state index is 0. The maximum atomic E-state index is 5.54. The number of nitrogens with zero attached hydrogens (tertiary/aromatic N) is 4. The van der Waals surface area contributed by atoms with Crippen LogP contribution < -0.4 is 5.32 Å². The first kappa shape index (κ1) is 21.8. The molecule has 3 rings (SSSR count). The van der Waals surface area contributed by atoms with E-state index in [0.29, 0.717) is 5.92 Å². The van der Waals surface area contributed by atoms with Gasteiger partial charge in [0, 0.05) is 57.9 Å². The van der Waals surface area contributed by atoms with Gasteiger partial charge in [-0.1, -0.05) is 0 Å². The lowest BCUT2D eigenvalue weighted by molar-refractivity contribution is 0.0781. The van der Waals surface area contributed by atoms with Crippen LogP contribution in [0.15, 0.2) is 17.4 Å². The molecule has 0 aliphatic carbocycles. The van der Waals surface area contributed by atoms with E-state index in [1.807, 2.05) is 36.7 Å². The molecule has 26 heavy (non-hydrogen) atoms. The van der Waals surface area contributed by atoms with Crippen molar-refractivity contribution in [3.05, 3.63) is 18.0 Å². The van der Waals surface area contributed by atoms with Gasteiger partial charge in [-0.15, -0.1) is 24.0 Å². The van der Waals surface area contributed by atoms with Crippen LogP contribution in [0.4, 0.5) is 0 Å². The Labute approximate surface area is 178 Å². The van der Waals surface area contributed by atoms with Gasteiger partial charge in [-0.3, -0.25) is 9.67 Å². The number of aryl methyl sites for hydroxylation is 1. The Morgan fingerprint density at radius 1 is 1.46 bits per heavy atom. The van der Waals surface area contributed by atoms with Gasteiger partial charge in [-0.05, 0) is 43.4 Å². The number of thioether (sulfide) groups is 1. The third kappa shape index (κ3) is 5.51. The highest BCUT2D eigenvalue weighted by molar-refractivity contribution is 14.0. The zero-order valence-corrected chi connectivity index (χ0v) is 19.3. The fourth-order valence-corrected chi connectivity index (χ4v) is 4.66. The molecule has 1 unspecified atom stereocenters. The number of ether oxygens (including phenoxy) is 1. The fourth-order valence-electron chi connectivity index (χ4n) is 3.87. The van der Waals surface area contributed by atoms with Crippen LogP contribution >= 0.6 is 35.7 Å². The molecule has 148 valence electrons. The number of hydrogen-bond acceptors (Lipinski definition) is 4. The summed E-state index contributed by atoms with van der Waals surface area (Å²) in [5.41, 5.74) is 1.33. The zero-order chi connectivity index (χ0) is 17.7. The van der Waals surface area contributed by atoms with Crippen molar-refractivity contribution < 1.29 is 4.74 Å². The standard InChI is InChI=1S/C18H31N5OS.HI/c1-19-17(20-14-18(25-3)5-8-24-9-6-18)23-7-4-15(13-23)10-16-11-21-22(2)12-16;/h11-12,15H,4-10,13-14H2,1-3H3,(H,19,20);1H. The Bertz CT molecular complexity index is 588. The third-order valence-corrected chi connectivity index (χ3v) is 6.90. The first-order valence-corrected chi connectivity index (χ1v) is 10.4. The highest BCUT2D eigenvalue weighted by Gasteiger charge is 2.33. The quantitative estimate of drug-likeness (QED) is 0.388. The van der Waals surface area contributed by atoms with Crippen LogP contribution in [0.25, 0.3) is 0 Å². The van der Waals surface area contributed by atoms with Crippen LogP contribution in [0.2, 0.25) is 0 Å². The molecule has 0 aromatic carbocycles. The summed E-state index contributed by atoms with van der Waals surface area (Å²) in [6.07, 6.45) is 10.9. The molecule has 2 aliphatic heterocycles. The van der Waals surface area contributed by atoms with Crippen LogP contribution in [0, 0.1) is 5.92 Å². The van der Waals surface area contributed by atoms with E-state index in [0.717, 1.165) is 58.1 Å². The Morgan fingerprint density at radius 3 is 2.85 bits per heavy atom. The average molecular weight is 493 g/mol. The molecule has 1 aromatic heterocycles. The Hall–Kier alpha value is -0.480. The van der Waals surface area contributed by atoms with Gasteiger partial charge in [-0.2, -0.15) is 16.9 Å². The molecule has 0 amide bonds. The van der Waals surface area contributed by atoms with Crippen molar-refractivity contribution in [2.75, 3.05) is 46.2 Å². The number of likely N-dealkylation sites (tertiary alicyclic amines) is 1. The van der Waals surface area contributed by atoms with E-state index in [2.05, 4.69) is 32.8 Å². The van der Waals surface area contributed by atoms with Gasteiger partial charge in [0.1, 0.15) is 0 Å². The number of rotatable bonds is 5. The number of nitrogens with one attached hydrogen (secondary N) is 1. The highest BCUT2D eigenvalue weighted by Crippen LogP contribution is 2.33. The molecule has 2 saturated heterocycles. The van der Waals surface area contributed by atoms with Gasteiger partial charge in [0.15, 0.2) is 5.96 Å². The van der Waals surface area contributed by atoms with E-state index in [4.69, 9.17) is 4.74 Å². The molecular formula is C18H32IN5OS. The number of aromatic nitrogens is 2. The van der Waals surface area contributed by atoms with Crippen molar-refractivity contribution in [2.45, 2.75) is 30.4 Å². The second-order valence-corrected chi connectivity index (χ2v) is 8.50. The van der Waals surface area contributed by atoms with Crippen LogP contribution in [0.1, 0.15) is 24.8 Å². The molecule has 1 atom stereocenters. The molecule has 0 bridgehead atoms. The first-order chi connectivity index (χ1) is 12.1. The molecule has 0 spiro atoms. The van der Waals surface area contributed by atoms with Gasteiger partial charge in [0.05, 0.1) is 6.20 Å². The van der Waals surface area contributed by atoms with Crippen molar-refractivity contribution in [1.82, 2.24) is 20.0 Å². The van der Waals surface area contributed by atoms with Gasteiger partial charge in [0.25, 0.3) is 0 Å². The fraction of sp³-hybridized carbons (Fsp3) is 0.778. The summed E-state index contributed by atoms with van der Waals surface area (Å²) in [4.78, 5) is 6.95. The van der Waals surface area contributed by atoms with E-state index in [-0.39, 0.29) is 28.7 Å². The summed E-state index contributed by atoms with van der Waals surface area (Å²) >= 11 is 1.97. The van der Waals surface area contributed by atoms with Gasteiger partial charge < -0.3 is 15.0 Å².